The van der Waals surface area contributed by atoms with Crippen LogP contribution in [0.1, 0.15) is 29.9 Å². The maximum absolute atomic E-state index is 12.0. The molecule has 106 valence electrons. The summed E-state index contributed by atoms with van der Waals surface area (Å²) < 4.78 is 11.3. The summed E-state index contributed by atoms with van der Waals surface area (Å²) >= 11 is 0. The molecule has 6 heteroatoms. The minimum absolute atomic E-state index is 0.184. The van der Waals surface area contributed by atoms with E-state index in [1.807, 2.05) is 26.8 Å². The van der Waals surface area contributed by atoms with Gasteiger partial charge in [-0.15, -0.1) is 0 Å². The van der Waals surface area contributed by atoms with Crippen LogP contribution in [0.3, 0.4) is 0 Å². The SMILES string of the molecule is CCNc1cc(C)ncc1C(=O)NCCS(=O)CC. The number of hydrogen-bond acceptors (Lipinski definition) is 4. The Morgan fingerprint density at radius 3 is 2.79 bits per heavy atom. The minimum Gasteiger partial charge on any atom is -0.385 e. The summed E-state index contributed by atoms with van der Waals surface area (Å²) in [7, 11) is -0.858. The first-order chi connectivity index (χ1) is 9.08. The molecule has 19 heavy (non-hydrogen) atoms. The van der Waals surface area contributed by atoms with E-state index >= 15 is 0 Å². The number of anilines is 1. The zero-order valence-electron chi connectivity index (χ0n) is 11.7. The highest BCUT2D eigenvalue weighted by Crippen LogP contribution is 2.15. The predicted octanol–water partition coefficient (Wildman–Crippen LogP) is 1.32. The van der Waals surface area contributed by atoms with Gasteiger partial charge < -0.3 is 10.6 Å². The van der Waals surface area contributed by atoms with Gasteiger partial charge in [-0.25, -0.2) is 0 Å². The number of nitrogens with zero attached hydrogens (tertiary/aromatic N) is 1. The molecule has 0 fully saturated rings. The lowest BCUT2D eigenvalue weighted by Gasteiger charge is -2.11. The predicted molar refractivity (Wildman–Crippen MR) is 79.0 cm³/mol. The molecule has 0 aromatic carbocycles. The standard InChI is InChI=1S/C13H21N3O2S/c1-4-14-12-8-10(3)16-9-11(12)13(17)15-6-7-19(18)5-2/h8-9H,4-7H2,1-3H3,(H,14,16)(H,15,17). The lowest BCUT2D eigenvalue weighted by Crippen LogP contribution is -2.29. The molecular weight excluding hydrogens is 262 g/mol. The van der Waals surface area contributed by atoms with Crippen LogP contribution in [0.4, 0.5) is 5.69 Å². The number of amides is 1. The van der Waals surface area contributed by atoms with Crippen LogP contribution < -0.4 is 10.6 Å². The van der Waals surface area contributed by atoms with Crippen LogP contribution in [0.15, 0.2) is 12.3 Å². The summed E-state index contributed by atoms with van der Waals surface area (Å²) in [5.74, 6) is 0.916. The average Bonchev–Trinajstić information content (AvgIpc) is 2.38. The van der Waals surface area contributed by atoms with Crippen molar-refractivity contribution in [2.24, 2.45) is 0 Å². The van der Waals surface area contributed by atoms with E-state index in [-0.39, 0.29) is 5.91 Å². The van der Waals surface area contributed by atoms with Crippen LogP contribution in [0.5, 0.6) is 0 Å². The van der Waals surface area contributed by atoms with Gasteiger partial charge in [-0.05, 0) is 19.9 Å². The fourth-order valence-corrected chi connectivity index (χ4v) is 2.21. The quantitative estimate of drug-likeness (QED) is 0.792. The molecule has 0 aliphatic carbocycles. The maximum Gasteiger partial charge on any atom is 0.254 e. The van der Waals surface area contributed by atoms with Crippen molar-refractivity contribution in [2.45, 2.75) is 20.8 Å². The normalized spacial score (nSPS) is 11.9. The number of nitrogens with one attached hydrogen (secondary N) is 2. The number of carbonyl (C=O) groups excluding carboxylic acids is 1. The molecule has 0 aliphatic heterocycles. The Kier molecular flexibility index (Phi) is 6.49. The van der Waals surface area contributed by atoms with Crippen molar-refractivity contribution < 1.29 is 9.00 Å². The third-order valence-electron chi connectivity index (χ3n) is 2.59. The lowest BCUT2D eigenvalue weighted by atomic mass is 10.2. The van der Waals surface area contributed by atoms with Gasteiger partial charge in [-0.1, -0.05) is 6.92 Å². The van der Waals surface area contributed by atoms with Crippen molar-refractivity contribution in [1.29, 1.82) is 0 Å². The van der Waals surface area contributed by atoms with Gasteiger partial charge in [0, 0.05) is 47.3 Å². The average molecular weight is 283 g/mol. The molecule has 0 bridgehead atoms. The smallest absolute Gasteiger partial charge is 0.254 e. The lowest BCUT2D eigenvalue weighted by molar-refractivity contribution is 0.0956. The molecule has 1 heterocycles. The molecule has 1 amide bonds. The highest BCUT2D eigenvalue weighted by atomic mass is 32.2. The van der Waals surface area contributed by atoms with E-state index in [1.54, 1.807) is 6.20 Å². The van der Waals surface area contributed by atoms with Gasteiger partial charge >= 0.3 is 0 Å². The molecule has 2 N–H and O–H groups in total. The Balaban J connectivity index is 2.68. The molecule has 1 rings (SSSR count). The molecule has 0 radical (unpaired) electrons. The Hall–Kier alpha value is -1.43. The highest BCUT2D eigenvalue weighted by Gasteiger charge is 2.11. The van der Waals surface area contributed by atoms with Crippen LogP contribution >= 0.6 is 0 Å². The largest absolute Gasteiger partial charge is 0.385 e. The van der Waals surface area contributed by atoms with Crippen molar-refractivity contribution in [3.05, 3.63) is 23.5 Å². The van der Waals surface area contributed by atoms with Crippen molar-refractivity contribution in [1.82, 2.24) is 10.3 Å². The Morgan fingerprint density at radius 2 is 2.16 bits per heavy atom. The first kappa shape index (κ1) is 15.6. The minimum atomic E-state index is -0.858. The summed E-state index contributed by atoms with van der Waals surface area (Å²) in [5.41, 5.74) is 2.17. The van der Waals surface area contributed by atoms with Crippen LogP contribution in [0.25, 0.3) is 0 Å². The van der Waals surface area contributed by atoms with Gasteiger partial charge in [-0.3, -0.25) is 14.0 Å². The first-order valence-electron chi connectivity index (χ1n) is 6.42. The monoisotopic (exact) mass is 283 g/mol. The van der Waals surface area contributed by atoms with Gasteiger partial charge in [0.25, 0.3) is 5.91 Å². The molecule has 0 saturated carbocycles. The fourth-order valence-electron chi connectivity index (χ4n) is 1.60. The van der Waals surface area contributed by atoms with E-state index < -0.39 is 10.8 Å². The molecule has 1 atom stereocenters. The van der Waals surface area contributed by atoms with Crippen LogP contribution in [0.2, 0.25) is 0 Å². The summed E-state index contributed by atoms with van der Waals surface area (Å²) in [6.45, 7) is 6.88. The topological polar surface area (TPSA) is 71.1 Å². The summed E-state index contributed by atoms with van der Waals surface area (Å²) in [6.07, 6.45) is 1.57. The number of hydrogen-bond donors (Lipinski definition) is 2. The van der Waals surface area contributed by atoms with Crippen molar-refractivity contribution in [3.8, 4) is 0 Å². The van der Waals surface area contributed by atoms with Gasteiger partial charge in [-0.2, -0.15) is 0 Å². The fraction of sp³-hybridized carbons (Fsp3) is 0.538. The van der Waals surface area contributed by atoms with E-state index in [0.717, 1.165) is 17.9 Å². The molecule has 1 aromatic rings. The molecule has 1 unspecified atom stereocenters. The second kappa shape index (κ2) is 7.89. The Labute approximate surface area is 116 Å². The number of aryl methyl sites for hydroxylation is 1. The van der Waals surface area contributed by atoms with Gasteiger partial charge in [0.15, 0.2) is 0 Å². The number of carbonyl (C=O) groups is 1. The highest BCUT2D eigenvalue weighted by molar-refractivity contribution is 7.84. The molecule has 0 saturated heterocycles. The number of aromatic nitrogens is 1. The summed E-state index contributed by atoms with van der Waals surface area (Å²) in [4.78, 5) is 16.2. The summed E-state index contributed by atoms with van der Waals surface area (Å²) in [6, 6.07) is 1.85. The van der Waals surface area contributed by atoms with Crippen LogP contribution in [0, 0.1) is 6.92 Å². The summed E-state index contributed by atoms with van der Waals surface area (Å²) in [5, 5.41) is 5.92. The third kappa shape index (κ3) is 4.98. The zero-order valence-corrected chi connectivity index (χ0v) is 12.5. The van der Waals surface area contributed by atoms with E-state index in [9.17, 15) is 9.00 Å². The molecule has 5 nitrogen and oxygen atoms in total. The second-order valence-corrected chi connectivity index (χ2v) is 5.96. The van der Waals surface area contributed by atoms with Gasteiger partial charge in [0.1, 0.15) is 0 Å². The molecule has 0 spiro atoms. The molecule has 0 aliphatic rings. The Morgan fingerprint density at radius 1 is 1.42 bits per heavy atom. The van der Waals surface area contributed by atoms with Gasteiger partial charge in [0.2, 0.25) is 0 Å². The maximum atomic E-state index is 12.0. The van der Waals surface area contributed by atoms with E-state index in [2.05, 4.69) is 15.6 Å². The van der Waals surface area contributed by atoms with Gasteiger partial charge in [0.05, 0.1) is 11.3 Å². The first-order valence-corrected chi connectivity index (χ1v) is 7.91. The zero-order chi connectivity index (χ0) is 14.3. The van der Waals surface area contributed by atoms with Crippen molar-refractivity contribution in [2.75, 3.05) is 29.9 Å². The third-order valence-corrected chi connectivity index (χ3v) is 3.89. The Bertz CT molecular complexity index is 463. The number of rotatable bonds is 7. The van der Waals surface area contributed by atoms with E-state index in [0.29, 0.717) is 23.6 Å². The van der Waals surface area contributed by atoms with Crippen molar-refractivity contribution in [3.63, 3.8) is 0 Å². The molecular formula is C13H21N3O2S. The van der Waals surface area contributed by atoms with Crippen LogP contribution in [-0.2, 0) is 10.8 Å². The molecule has 1 aromatic heterocycles. The second-order valence-electron chi connectivity index (χ2n) is 4.09. The van der Waals surface area contributed by atoms with E-state index in [4.69, 9.17) is 0 Å². The van der Waals surface area contributed by atoms with Crippen molar-refractivity contribution >= 4 is 22.4 Å². The van der Waals surface area contributed by atoms with Crippen LogP contribution in [-0.4, -0.2) is 39.7 Å². The van der Waals surface area contributed by atoms with E-state index in [1.165, 1.54) is 0 Å². The number of pyridine rings is 1.